The molecule has 3 aromatic rings. The highest BCUT2D eigenvalue weighted by Gasteiger charge is 2.06. The maximum atomic E-state index is 12.1. The van der Waals surface area contributed by atoms with Crippen LogP contribution >= 0.6 is 0 Å². The minimum absolute atomic E-state index is 0.226. The number of urea groups is 1. The predicted molar refractivity (Wildman–Crippen MR) is 103 cm³/mol. The highest BCUT2D eigenvalue weighted by Crippen LogP contribution is 2.21. The van der Waals surface area contributed by atoms with Gasteiger partial charge in [-0.05, 0) is 60.9 Å². The normalized spacial score (nSPS) is 10.2. The van der Waals surface area contributed by atoms with Gasteiger partial charge in [0.2, 0.25) is 0 Å². The van der Waals surface area contributed by atoms with E-state index in [9.17, 15) is 4.79 Å². The Morgan fingerprint density at radius 2 is 1.65 bits per heavy atom. The fourth-order valence-corrected chi connectivity index (χ4v) is 2.45. The third kappa shape index (κ3) is 4.60. The number of carbonyl (C=O) groups is 1. The number of benzene rings is 2. The van der Waals surface area contributed by atoms with Crippen LogP contribution in [0.25, 0.3) is 0 Å². The summed E-state index contributed by atoms with van der Waals surface area (Å²) in [6.45, 7) is 4.45. The molecule has 0 atom stereocenters. The number of amides is 2. The minimum atomic E-state index is -0.226. The quantitative estimate of drug-likeness (QED) is 0.696. The van der Waals surface area contributed by atoms with Crippen molar-refractivity contribution in [3.63, 3.8) is 0 Å². The van der Waals surface area contributed by atoms with Crippen molar-refractivity contribution in [2.45, 2.75) is 20.4 Å². The average Bonchev–Trinajstić information content (AvgIpc) is 2.66. The highest BCUT2D eigenvalue weighted by atomic mass is 16.5. The van der Waals surface area contributed by atoms with Gasteiger partial charge in [-0.15, -0.1) is 0 Å². The summed E-state index contributed by atoms with van der Waals surface area (Å²) < 4.78 is 5.72. The van der Waals surface area contributed by atoms with Crippen LogP contribution in [0.2, 0.25) is 0 Å². The van der Waals surface area contributed by atoms with Crippen LogP contribution < -0.4 is 15.4 Å². The van der Waals surface area contributed by atoms with Gasteiger partial charge in [0.15, 0.2) is 0 Å². The van der Waals surface area contributed by atoms with Gasteiger partial charge < -0.3 is 15.4 Å². The van der Waals surface area contributed by atoms with E-state index in [1.807, 2.05) is 56.3 Å². The molecule has 2 amide bonds. The minimum Gasteiger partial charge on any atom is -0.457 e. The first-order valence-corrected chi connectivity index (χ1v) is 8.40. The van der Waals surface area contributed by atoms with Gasteiger partial charge in [-0.3, -0.25) is 4.98 Å². The lowest BCUT2D eigenvalue weighted by molar-refractivity contribution is 0.251. The van der Waals surface area contributed by atoms with Crippen molar-refractivity contribution in [2.24, 2.45) is 0 Å². The van der Waals surface area contributed by atoms with E-state index in [0.717, 1.165) is 33.9 Å². The first-order chi connectivity index (χ1) is 12.6. The van der Waals surface area contributed by atoms with Gasteiger partial charge in [0, 0.05) is 24.6 Å². The number of rotatable bonds is 5. The Balaban J connectivity index is 1.53. The number of carbonyl (C=O) groups excluding carboxylic acids is 1. The number of ether oxygens (including phenoxy) is 1. The zero-order valence-corrected chi connectivity index (χ0v) is 14.8. The molecule has 0 aliphatic heterocycles. The van der Waals surface area contributed by atoms with E-state index in [-0.39, 0.29) is 6.03 Å². The van der Waals surface area contributed by atoms with Crippen molar-refractivity contribution in [3.8, 4) is 11.5 Å². The number of nitrogens with zero attached hydrogens (tertiary/aromatic N) is 1. The molecule has 0 bridgehead atoms. The molecule has 0 aliphatic rings. The molecule has 5 heteroatoms. The smallest absolute Gasteiger partial charge is 0.319 e. The lowest BCUT2D eigenvalue weighted by Crippen LogP contribution is -2.28. The van der Waals surface area contributed by atoms with E-state index in [1.165, 1.54) is 0 Å². The summed E-state index contributed by atoms with van der Waals surface area (Å²) in [6, 6.07) is 16.8. The average molecular weight is 347 g/mol. The fourth-order valence-electron chi connectivity index (χ4n) is 2.45. The van der Waals surface area contributed by atoms with Gasteiger partial charge in [0.1, 0.15) is 11.5 Å². The summed E-state index contributed by atoms with van der Waals surface area (Å²) in [4.78, 5) is 16.1. The van der Waals surface area contributed by atoms with E-state index in [2.05, 4.69) is 15.6 Å². The summed E-state index contributed by atoms with van der Waals surface area (Å²) in [7, 11) is 0. The topological polar surface area (TPSA) is 63.2 Å². The standard InChI is InChI=1S/C21H21N3O2/c1-15-4-3-5-20(16(15)2)24-21(25)23-14-17-6-8-18(9-7-17)26-19-10-12-22-13-11-19/h3-13H,14H2,1-2H3,(H2,23,24,25). The molecule has 26 heavy (non-hydrogen) atoms. The van der Waals surface area contributed by atoms with Crippen molar-refractivity contribution in [1.82, 2.24) is 10.3 Å². The summed E-state index contributed by atoms with van der Waals surface area (Å²) in [6.07, 6.45) is 3.37. The molecule has 0 saturated carbocycles. The van der Waals surface area contributed by atoms with Crippen LogP contribution in [-0.2, 0) is 6.54 Å². The number of hydrogen-bond acceptors (Lipinski definition) is 3. The number of nitrogens with one attached hydrogen (secondary N) is 2. The maximum absolute atomic E-state index is 12.1. The molecule has 5 nitrogen and oxygen atoms in total. The van der Waals surface area contributed by atoms with E-state index >= 15 is 0 Å². The molecule has 2 aromatic carbocycles. The first kappa shape index (κ1) is 17.5. The molecule has 1 heterocycles. The predicted octanol–water partition coefficient (Wildman–Crippen LogP) is 4.81. The van der Waals surface area contributed by atoms with Gasteiger partial charge in [0.05, 0.1) is 0 Å². The molecule has 2 N–H and O–H groups in total. The number of pyridine rings is 1. The van der Waals surface area contributed by atoms with Crippen LogP contribution in [0.3, 0.4) is 0 Å². The van der Waals surface area contributed by atoms with Gasteiger partial charge in [-0.2, -0.15) is 0 Å². The Bertz CT molecular complexity index is 878. The van der Waals surface area contributed by atoms with Gasteiger partial charge in [0.25, 0.3) is 0 Å². The van der Waals surface area contributed by atoms with Gasteiger partial charge in [-0.25, -0.2) is 4.79 Å². The molecule has 0 radical (unpaired) electrons. The number of anilines is 1. The van der Waals surface area contributed by atoms with Crippen molar-refractivity contribution in [2.75, 3.05) is 5.32 Å². The van der Waals surface area contributed by atoms with Crippen LogP contribution in [0.4, 0.5) is 10.5 Å². The summed E-state index contributed by atoms with van der Waals surface area (Å²) in [5.74, 6) is 1.47. The summed E-state index contributed by atoms with van der Waals surface area (Å²) in [5, 5.41) is 5.75. The zero-order valence-electron chi connectivity index (χ0n) is 14.8. The second kappa shape index (κ2) is 8.16. The molecule has 132 valence electrons. The van der Waals surface area contributed by atoms with Crippen LogP contribution in [-0.4, -0.2) is 11.0 Å². The number of hydrogen-bond donors (Lipinski definition) is 2. The molecule has 3 rings (SSSR count). The summed E-state index contributed by atoms with van der Waals surface area (Å²) in [5.41, 5.74) is 4.03. The highest BCUT2D eigenvalue weighted by molar-refractivity contribution is 5.90. The second-order valence-corrected chi connectivity index (χ2v) is 5.98. The molecule has 0 aliphatic carbocycles. The third-order valence-corrected chi connectivity index (χ3v) is 4.11. The van der Waals surface area contributed by atoms with Gasteiger partial charge >= 0.3 is 6.03 Å². The molecule has 0 unspecified atom stereocenters. The lowest BCUT2D eigenvalue weighted by Gasteiger charge is -2.12. The molecular formula is C21H21N3O2. The van der Waals surface area contributed by atoms with Crippen LogP contribution in [0.5, 0.6) is 11.5 Å². The number of aryl methyl sites for hydroxylation is 1. The van der Waals surface area contributed by atoms with Crippen molar-refractivity contribution < 1.29 is 9.53 Å². The monoisotopic (exact) mass is 347 g/mol. The van der Waals surface area contributed by atoms with Crippen LogP contribution in [0, 0.1) is 13.8 Å². The van der Waals surface area contributed by atoms with E-state index < -0.39 is 0 Å². The van der Waals surface area contributed by atoms with Gasteiger partial charge in [-0.1, -0.05) is 24.3 Å². The molecule has 0 spiro atoms. The maximum Gasteiger partial charge on any atom is 0.319 e. The fraction of sp³-hybridized carbons (Fsp3) is 0.143. The van der Waals surface area contributed by atoms with E-state index in [0.29, 0.717) is 6.54 Å². The molecule has 0 saturated heterocycles. The summed E-state index contributed by atoms with van der Waals surface area (Å²) >= 11 is 0. The Morgan fingerprint density at radius 1 is 0.962 bits per heavy atom. The van der Waals surface area contributed by atoms with Crippen LogP contribution in [0.15, 0.2) is 67.0 Å². The molecular weight excluding hydrogens is 326 g/mol. The Morgan fingerprint density at radius 3 is 2.38 bits per heavy atom. The van der Waals surface area contributed by atoms with Crippen LogP contribution in [0.1, 0.15) is 16.7 Å². The Kier molecular flexibility index (Phi) is 5.49. The Hall–Kier alpha value is -3.34. The SMILES string of the molecule is Cc1cccc(NC(=O)NCc2ccc(Oc3ccncc3)cc2)c1C. The number of aromatic nitrogens is 1. The van der Waals surface area contributed by atoms with E-state index in [4.69, 9.17) is 4.74 Å². The zero-order chi connectivity index (χ0) is 18.4. The largest absolute Gasteiger partial charge is 0.457 e. The first-order valence-electron chi connectivity index (χ1n) is 8.40. The molecule has 1 aromatic heterocycles. The molecule has 0 fully saturated rings. The Labute approximate surface area is 153 Å². The third-order valence-electron chi connectivity index (χ3n) is 4.11. The van der Waals surface area contributed by atoms with E-state index in [1.54, 1.807) is 24.5 Å². The van der Waals surface area contributed by atoms with Crippen molar-refractivity contribution in [3.05, 3.63) is 83.7 Å². The second-order valence-electron chi connectivity index (χ2n) is 5.98. The van der Waals surface area contributed by atoms with Crippen molar-refractivity contribution >= 4 is 11.7 Å². The van der Waals surface area contributed by atoms with Crippen molar-refractivity contribution in [1.29, 1.82) is 0 Å². The lowest BCUT2D eigenvalue weighted by atomic mass is 10.1.